The van der Waals surface area contributed by atoms with Gasteiger partial charge in [-0.1, -0.05) is 38.8 Å². The Morgan fingerprint density at radius 2 is 2.00 bits per heavy atom. The number of hydrogen-bond acceptors (Lipinski definition) is 5. The SMILES string of the molecule is Cc1oncc1C(=O)Nc1ccc(Cl)c(NS(=O)(=O)c2cccc(Br)c2)c1. The third-order valence-corrected chi connectivity index (χ3v) is 5.76. The van der Waals surface area contributed by atoms with Gasteiger partial charge in [0.25, 0.3) is 15.9 Å². The van der Waals surface area contributed by atoms with E-state index in [0.29, 0.717) is 15.9 Å². The minimum atomic E-state index is -3.86. The molecule has 27 heavy (non-hydrogen) atoms. The van der Waals surface area contributed by atoms with Crippen molar-refractivity contribution in [1.82, 2.24) is 5.16 Å². The molecule has 7 nitrogen and oxygen atoms in total. The molecule has 0 aliphatic carbocycles. The first-order chi connectivity index (χ1) is 12.8. The number of aryl methyl sites for hydroxylation is 1. The van der Waals surface area contributed by atoms with E-state index in [1.807, 2.05) is 0 Å². The minimum absolute atomic E-state index is 0.0717. The van der Waals surface area contributed by atoms with Crippen LogP contribution in [0.1, 0.15) is 16.1 Å². The van der Waals surface area contributed by atoms with E-state index in [1.165, 1.54) is 30.5 Å². The van der Waals surface area contributed by atoms with E-state index in [-0.39, 0.29) is 21.2 Å². The number of nitrogens with zero attached hydrogens (tertiary/aromatic N) is 1. The Balaban J connectivity index is 1.85. The lowest BCUT2D eigenvalue weighted by Crippen LogP contribution is -2.15. The fraction of sp³-hybridized carbons (Fsp3) is 0.0588. The highest BCUT2D eigenvalue weighted by atomic mass is 79.9. The zero-order chi connectivity index (χ0) is 19.6. The molecule has 0 saturated carbocycles. The van der Waals surface area contributed by atoms with E-state index in [2.05, 4.69) is 31.1 Å². The zero-order valence-electron chi connectivity index (χ0n) is 13.9. The van der Waals surface area contributed by atoms with E-state index < -0.39 is 15.9 Å². The number of halogens is 2. The summed E-state index contributed by atoms with van der Waals surface area (Å²) in [5.41, 5.74) is 0.773. The summed E-state index contributed by atoms with van der Waals surface area (Å²) in [6, 6.07) is 10.7. The first kappa shape index (κ1) is 19.4. The lowest BCUT2D eigenvalue weighted by molar-refractivity contribution is 0.102. The molecule has 1 aromatic heterocycles. The van der Waals surface area contributed by atoms with Crippen LogP contribution >= 0.6 is 27.5 Å². The molecule has 10 heteroatoms. The van der Waals surface area contributed by atoms with Crippen molar-refractivity contribution in [1.29, 1.82) is 0 Å². The summed E-state index contributed by atoms with van der Waals surface area (Å²) in [6.07, 6.45) is 1.30. The molecule has 1 amide bonds. The van der Waals surface area contributed by atoms with Gasteiger partial charge in [-0.3, -0.25) is 9.52 Å². The van der Waals surface area contributed by atoms with E-state index in [1.54, 1.807) is 25.1 Å². The van der Waals surface area contributed by atoms with Gasteiger partial charge in [-0.15, -0.1) is 0 Å². The Bertz CT molecular complexity index is 1110. The van der Waals surface area contributed by atoms with Gasteiger partial charge in [0, 0.05) is 10.2 Å². The summed E-state index contributed by atoms with van der Waals surface area (Å²) in [5.74, 6) is -0.0612. The second kappa shape index (κ2) is 7.71. The standard InChI is InChI=1S/C17H13BrClN3O4S/c1-10-14(9-20-26-10)17(23)21-12-5-6-15(19)16(8-12)22-27(24,25)13-4-2-3-11(18)7-13/h2-9,22H,1H3,(H,21,23). The van der Waals surface area contributed by atoms with Gasteiger partial charge in [0.1, 0.15) is 11.3 Å². The van der Waals surface area contributed by atoms with Crippen molar-refractivity contribution in [3.8, 4) is 0 Å². The summed E-state index contributed by atoms with van der Waals surface area (Å²) >= 11 is 9.35. The topological polar surface area (TPSA) is 101 Å². The third kappa shape index (κ3) is 4.49. The van der Waals surface area contributed by atoms with Crippen LogP contribution < -0.4 is 10.0 Å². The van der Waals surface area contributed by atoms with Crippen LogP contribution in [0, 0.1) is 6.92 Å². The van der Waals surface area contributed by atoms with Crippen LogP contribution in [0.25, 0.3) is 0 Å². The number of aromatic nitrogens is 1. The Labute approximate surface area is 168 Å². The number of rotatable bonds is 5. The van der Waals surface area contributed by atoms with Crippen molar-refractivity contribution in [2.24, 2.45) is 0 Å². The highest BCUT2D eigenvalue weighted by molar-refractivity contribution is 9.10. The number of amides is 1. The van der Waals surface area contributed by atoms with Gasteiger partial charge in [-0.2, -0.15) is 0 Å². The van der Waals surface area contributed by atoms with Crippen molar-refractivity contribution in [2.75, 3.05) is 10.0 Å². The average Bonchev–Trinajstić information content (AvgIpc) is 3.04. The summed E-state index contributed by atoms with van der Waals surface area (Å²) in [5, 5.41) is 6.39. The van der Waals surface area contributed by atoms with Crippen molar-refractivity contribution >= 4 is 54.8 Å². The van der Waals surface area contributed by atoms with Crippen molar-refractivity contribution in [3.05, 3.63) is 69.5 Å². The maximum absolute atomic E-state index is 12.6. The van der Waals surface area contributed by atoms with Crippen molar-refractivity contribution in [2.45, 2.75) is 11.8 Å². The van der Waals surface area contributed by atoms with Crippen molar-refractivity contribution < 1.29 is 17.7 Å². The normalized spacial score (nSPS) is 11.2. The quantitative estimate of drug-likeness (QED) is 0.573. The monoisotopic (exact) mass is 469 g/mol. The molecule has 0 unspecified atom stereocenters. The summed E-state index contributed by atoms with van der Waals surface area (Å²) in [4.78, 5) is 12.3. The summed E-state index contributed by atoms with van der Waals surface area (Å²) in [7, 11) is -3.86. The van der Waals surface area contributed by atoms with Gasteiger partial charge in [0.15, 0.2) is 0 Å². The molecule has 1 heterocycles. The molecular formula is C17H13BrClN3O4S. The Morgan fingerprint density at radius 3 is 2.67 bits per heavy atom. The maximum Gasteiger partial charge on any atom is 0.261 e. The number of anilines is 2. The molecule has 0 bridgehead atoms. The molecule has 0 aliphatic rings. The predicted octanol–water partition coefficient (Wildman–Crippen LogP) is 4.45. The number of hydrogen-bond donors (Lipinski definition) is 2. The predicted molar refractivity (Wildman–Crippen MR) is 106 cm³/mol. The number of carbonyl (C=O) groups is 1. The van der Waals surface area contributed by atoms with Crippen LogP contribution in [0.3, 0.4) is 0 Å². The van der Waals surface area contributed by atoms with Gasteiger partial charge in [0.2, 0.25) is 0 Å². The number of sulfonamides is 1. The summed E-state index contributed by atoms with van der Waals surface area (Å²) < 4.78 is 33.1. The van der Waals surface area contributed by atoms with Crippen LogP contribution in [0.2, 0.25) is 5.02 Å². The van der Waals surface area contributed by atoms with Gasteiger partial charge < -0.3 is 9.84 Å². The van der Waals surface area contributed by atoms with Crippen LogP contribution in [0.15, 0.2) is 62.6 Å². The lowest BCUT2D eigenvalue weighted by Gasteiger charge is -2.12. The minimum Gasteiger partial charge on any atom is -0.361 e. The summed E-state index contributed by atoms with van der Waals surface area (Å²) in [6.45, 7) is 1.61. The Kier molecular flexibility index (Phi) is 5.54. The fourth-order valence-electron chi connectivity index (χ4n) is 2.23. The smallest absolute Gasteiger partial charge is 0.261 e. The van der Waals surface area contributed by atoms with Crippen LogP contribution in [0.5, 0.6) is 0 Å². The molecular weight excluding hydrogens is 458 g/mol. The molecule has 3 aromatic rings. The van der Waals surface area contributed by atoms with Gasteiger partial charge >= 0.3 is 0 Å². The van der Waals surface area contributed by atoms with E-state index in [9.17, 15) is 13.2 Å². The van der Waals surface area contributed by atoms with Crippen LogP contribution in [-0.4, -0.2) is 19.5 Å². The maximum atomic E-state index is 12.6. The molecule has 140 valence electrons. The second-order valence-corrected chi connectivity index (χ2v) is 8.51. The number of carbonyl (C=O) groups excluding carboxylic acids is 1. The molecule has 0 aliphatic heterocycles. The van der Waals surface area contributed by atoms with E-state index in [0.717, 1.165) is 0 Å². The van der Waals surface area contributed by atoms with Crippen LogP contribution in [-0.2, 0) is 10.0 Å². The Hall–Kier alpha value is -2.36. The molecule has 0 spiro atoms. The molecule has 3 rings (SSSR count). The van der Waals surface area contributed by atoms with E-state index in [4.69, 9.17) is 16.1 Å². The van der Waals surface area contributed by atoms with E-state index >= 15 is 0 Å². The molecule has 0 atom stereocenters. The van der Waals surface area contributed by atoms with Gasteiger partial charge in [-0.05, 0) is 43.3 Å². The fourth-order valence-corrected chi connectivity index (χ4v) is 4.12. The highest BCUT2D eigenvalue weighted by Crippen LogP contribution is 2.29. The first-order valence-corrected chi connectivity index (χ1v) is 10.2. The lowest BCUT2D eigenvalue weighted by atomic mass is 10.2. The van der Waals surface area contributed by atoms with Crippen molar-refractivity contribution in [3.63, 3.8) is 0 Å². The Morgan fingerprint density at radius 1 is 1.22 bits per heavy atom. The number of benzene rings is 2. The van der Waals surface area contributed by atoms with Gasteiger partial charge in [-0.25, -0.2) is 8.42 Å². The van der Waals surface area contributed by atoms with Gasteiger partial charge in [0.05, 0.1) is 21.8 Å². The zero-order valence-corrected chi connectivity index (χ0v) is 17.0. The second-order valence-electron chi connectivity index (χ2n) is 5.51. The highest BCUT2D eigenvalue weighted by Gasteiger charge is 2.18. The molecule has 0 radical (unpaired) electrons. The third-order valence-electron chi connectivity index (χ3n) is 3.57. The largest absolute Gasteiger partial charge is 0.361 e. The molecule has 0 fully saturated rings. The van der Waals surface area contributed by atoms with Crippen LogP contribution in [0.4, 0.5) is 11.4 Å². The molecule has 2 aromatic carbocycles. The number of nitrogens with one attached hydrogen (secondary N) is 2. The average molecular weight is 471 g/mol. The molecule has 2 N–H and O–H groups in total. The first-order valence-electron chi connectivity index (χ1n) is 7.57. The molecule has 0 saturated heterocycles.